The molecule has 0 radical (unpaired) electrons. The maximum absolute atomic E-state index is 11.9. The smallest absolute Gasteiger partial charge is 0.357 e. The zero-order valence-corrected chi connectivity index (χ0v) is 12.5. The average molecular weight is 295 g/mol. The van der Waals surface area contributed by atoms with Crippen LogP contribution in [0.4, 0.5) is 0 Å². The van der Waals surface area contributed by atoms with Crippen molar-refractivity contribution in [2.45, 2.75) is 20.4 Å². The summed E-state index contributed by atoms with van der Waals surface area (Å²) in [6.45, 7) is 7.69. The van der Waals surface area contributed by atoms with Gasteiger partial charge in [0.05, 0.1) is 7.11 Å². The molecule has 0 aromatic carbocycles. The van der Waals surface area contributed by atoms with Gasteiger partial charge in [0.25, 0.3) is 5.56 Å². The number of methoxy groups -OCH3 is 1. The molecule has 0 amide bonds. The molecule has 1 heterocycles. The Morgan fingerprint density at radius 1 is 1.60 bits per heavy atom. The molecule has 0 atom stereocenters. The van der Waals surface area contributed by atoms with Gasteiger partial charge in [0, 0.05) is 18.8 Å². The Labute approximate surface area is 122 Å². The first kappa shape index (κ1) is 16.0. The Balaban J connectivity index is 3.60. The second-order valence-corrected chi connectivity index (χ2v) is 4.73. The van der Waals surface area contributed by atoms with Gasteiger partial charge in [0.1, 0.15) is 0 Å². The zero-order chi connectivity index (χ0) is 15.3. The van der Waals surface area contributed by atoms with E-state index < -0.39 is 11.5 Å². The summed E-state index contributed by atoms with van der Waals surface area (Å²) in [5.41, 5.74) is -0.397. The lowest BCUT2D eigenvalue weighted by Crippen LogP contribution is -2.27. The molecule has 0 N–H and O–H groups in total. The van der Waals surface area contributed by atoms with Crippen molar-refractivity contribution >= 4 is 24.4 Å². The predicted octanol–water partition coefficient (Wildman–Crippen LogP) is 1.84. The molecule has 0 aliphatic carbocycles. The van der Waals surface area contributed by atoms with Gasteiger partial charge in [-0.25, -0.2) is 4.79 Å². The number of allylic oxidation sites excluding steroid dienone is 1. The van der Waals surface area contributed by atoms with Crippen molar-refractivity contribution in [1.29, 1.82) is 0 Å². The molecule has 0 fully saturated rings. The molecule has 0 saturated carbocycles. The van der Waals surface area contributed by atoms with Crippen LogP contribution in [0.15, 0.2) is 28.6 Å². The summed E-state index contributed by atoms with van der Waals surface area (Å²) in [5, 5.41) is 4.15. The fourth-order valence-electron chi connectivity index (χ4n) is 1.43. The molecule has 0 aliphatic rings. The topological polar surface area (TPSA) is 65.6 Å². The Morgan fingerprint density at radius 3 is 2.75 bits per heavy atom. The third-order valence-electron chi connectivity index (χ3n) is 2.35. The average Bonchev–Trinajstić information content (AvgIpc) is 2.40. The highest BCUT2D eigenvalue weighted by molar-refractivity contribution is 7.71. The van der Waals surface area contributed by atoms with Crippen molar-refractivity contribution in [3.63, 3.8) is 0 Å². The lowest BCUT2D eigenvalue weighted by molar-refractivity contribution is 0.0587. The van der Waals surface area contributed by atoms with E-state index in [4.69, 9.17) is 12.2 Å². The number of hydrogen-bond acceptors (Lipinski definition) is 5. The van der Waals surface area contributed by atoms with Gasteiger partial charge in [0.2, 0.25) is 4.77 Å². The van der Waals surface area contributed by atoms with E-state index in [1.807, 2.05) is 13.8 Å². The van der Waals surface area contributed by atoms with Gasteiger partial charge in [-0.15, -0.1) is 6.58 Å². The molecule has 20 heavy (non-hydrogen) atoms. The summed E-state index contributed by atoms with van der Waals surface area (Å²) in [6.07, 6.45) is 3.18. The fraction of sp³-hybridized carbons (Fsp3) is 0.385. The fourth-order valence-corrected chi connectivity index (χ4v) is 1.74. The number of aromatic nitrogens is 2. The SMILES string of the molecule is C=CCn1c(=O)cc(C(=O)OC)n(/N=C/C(C)C)c1=S. The molecule has 0 bridgehead atoms. The minimum absolute atomic E-state index is 0.000266. The van der Waals surface area contributed by atoms with E-state index in [1.165, 1.54) is 16.4 Å². The molecule has 1 rings (SSSR count). The van der Waals surface area contributed by atoms with Gasteiger partial charge >= 0.3 is 5.97 Å². The summed E-state index contributed by atoms with van der Waals surface area (Å²) >= 11 is 5.21. The van der Waals surface area contributed by atoms with Gasteiger partial charge in [-0.05, 0) is 18.1 Å². The van der Waals surface area contributed by atoms with Crippen LogP contribution in [-0.4, -0.2) is 28.5 Å². The number of ether oxygens (including phenoxy) is 1. The number of carbonyl (C=O) groups excluding carboxylic acids is 1. The molecular weight excluding hydrogens is 278 g/mol. The Bertz CT molecular complexity index is 656. The number of hydrogen-bond donors (Lipinski definition) is 0. The molecule has 6 nitrogen and oxygen atoms in total. The van der Waals surface area contributed by atoms with Gasteiger partial charge in [0.15, 0.2) is 5.69 Å². The Hall–Kier alpha value is -2.02. The molecule has 0 saturated heterocycles. The number of esters is 1. The van der Waals surface area contributed by atoms with Crippen LogP contribution in [0.5, 0.6) is 0 Å². The first-order chi connectivity index (χ1) is 9.42. The van der Waals surface area contributed by atoms with E-state index in [9.17, 15) is 9.59 Å². The van der Waals surface area contributed by atoms with Crippen LogP contribution in [0, 0.1) is 10.7 Å². The van der Waals surface area contributed by atoms with Crippen LogP contribution >= 0.6 is 12.2 Å². The van der Waals surface area contributed by atoms with Gasteiger partial charge < -0.3 is 4.74 Å². The van der Waals surface area contributed by atoms with E-state index in [0.717, 1.165) is 6.07 Å². The highest BCUT2D eigenvalue weighted by Gasteiger charge is 2.15. The summed E-state index contributed by atoms with van der Waals surface area (Å²) in [5.74, 6) is -0.498. The van der Waals surface area contributed by atoms with Gasteiger partial charge in [-0.2, -0.15) is 9.78 Å². The minimum atomic E-state index is -0.667. The van der Waals surface area contributed by atoms with Crippen LogP contribution in [0.2, 0.25) is 0 Å². The minimum Gasteiger partial charge on any atom is -0.464 e. The standard InChI is InChI=1S/C13H17N3O3S/c1-5-6-15-11(17)7-10(12(18)19-4)16(13(15)20)14-8-9(2)3/h5,7-9H,1,6H2,2-4H3/b14-8+. The lowest BCUT2D eigenvalue weighted by atomic mass is 10.3. The van der Waals surface area contributed by atoms with Crippen molar-refractivity contribution in [2.24, 2.45) is 11.0 Å². The number of nitrogens with zero attached hydrogens (tertiary/aromatic N) is 3. The first-order valence-corrected chi connectivity index (χ1v) is 6.43. The summed E-state index contributed by atoms with van der Waals surface area (Å²) in [7, 11) is 1.23. The molecule has 1 aromatic heterocycles. The Morgan fingerprint density at radius 2 is 2.25 bits per heavy atom. The highest BCUT2D eigenvalue weighted by Crippen LogP contribution is 2.03. The lowest BCUT2D eigenvalue weighted by Gasteiger charge is -2.11. The van der Waals surface area contributed by atoms with Crippen LogP contribution in [-0.2, 0) is 11.3 Å². The van der Waals surface area contributed by atoms with E-state index >= 15 is 0 Å². The van der Waals surface area contributed by atoms with Crippen LogP contribution in [0.1, 0.15) is 24.3 Å². The number of rotatable bonds is 5. The maximum Gasteiger partial charge on any atom is 0.357 e. The predicted molar refractivity (Wildman–Crippen MR) is 79.8 cm³/mol. The molecule has 1 aromatic rings. The highest BCUT2D eigenvalue weighted by atomic mass is 32.1. The van der Waals surface area contributed by atoms with Crippen LogP contribution in [0.3, 0.4) is 0 Å². The zero-order valence-electron chi connectivity index (χ0n) is 11.7. The van der Waals surface area contributed by atoms with Crippen molar-refractivity contribution in [2.75, 3.05) is 7.11 Å². The molecular formula is C13H17N3O3S. The van der Waals surface area contributed by atoms with Crippen molar-refractivity contribution in [1.82, 2.24) is 9.24 Å². The van der Waals surface area contributed by atoms with E-state index in [1.54, 1.807) is 12.3 Å². The molecule has 0 spiro atoms. The third kappa shape index (κ3) is 3.51. The van der Waals surface area contributed by atoms with Crippen molar-refractivity contribution in [3.8, 4) is 0 Å². The van der Waals surface area contributed by atoms with Crippen LogP contribution in [0.25, 0.3) is 0 Å². The molecule has 0 aliphatic heterocycles. The number of carbonyl (C=O) groups is 1. The monoisotopic (exact) mass is 295 g/mol. The Kier molecular flexibility index (Phi) is 5.57. The largest absolute Gasteiger partial charge is 0.464 e. The summed E-state index contributed by atoms with van der Waals surface area (Å²) < 4.78 is 7.29. The van der Waals surface area contributed by atoms with Crippen molar-refractivity contribution < 1.29 is 9.53 Å². The maximum atomic E-state index is 11.9. The second kappa shape index (κ2) is 6.95. The van der Waals surface area contributed by atoms with E-state index in [-0.39, 0.29) is 22.9 Å². The molecule has 7 heteroatoms. The second-order valence-electron chi connectivity index (χ2n) is 4.36. The summed E-state index contributed by atoms with van der Waals surface area (Å²) in [4.78, 5) is 23.7. The quantitative estimate of drug-likeness (QED) is 0.360. The first-order valence-electron chi connectivity index (χ1n) is 6.03. The van der Waals surface area contributed by atoms with E-state index in [0.29, 0.717) is 0 Å². The normalized spacial score (nSPS) is 11.0. The van der Waals surface area contributed by atoms with Gasteiger partial charge in [-0.3, -0.25) is 9.36 Å². The molecule has 108 valence electrons. The molecule has 0 unspecified atom stereocenters. The third-order valence-corrected chi connectivity index (χ3v) is 2.75. The summed E-state index contributed by atoms with van der Waals surface area (Å²) in [6, 6.07) is 1.16. The van der Waals surface area contributed by atoms with Gasteiger partial charge in [-0.1, -0.05) is 19.9 Å². The van der Waals surface area contributed by atoms with E-state index in [2.05, 4.69) is 16.4 Å². The van der Waals surface area contributed by atoms with Crippen LogP contribution < -0.4 is 5.56 Å². The van der Waals surface area contributed by atoms with Crippen molar-refractivity contribution in [3.05, 3.63) is 39.5 Å².